The maximum absolute atomic E-state index is 13.0. The molecule has 1 saturated carbocycles. The molecule has 2 aromatic carbocycles. The van der Waals surface area contributed by atoms with Gasteiger partial charge in [0.1, 0.15) is 5.01 Å². The first-order valence-electron chi connectivity index (χ1n) is 11.2. The molecule has 0 spiro atoms. The van der Waals surface area contributed by atoms with Gasteiger partial charge in [0.05, 0.1) is 0 Å². The van der Waals surface area contributed by atoms with Crippen molar-refractivity contribution < 1.29 is 19.4 Å². The molecule has 1 saturated heterocycles. The molecule has 8 nitrogen and oxygen atoms in total. The zero-order chi connectivity index (χ0) is 22.9. The quantitative estimate of drug-likeness (QED) is 0.554. The number of hydrogen-bond acceptors (Lipinski definition) is 6. The standard InChI is InChI=1S/C24H26N4O4S/c1-14-26-27-23(33-14)25-22(29)17-10-16-4-2-3-5-18(16)19(11-17)20-12-21(20)28(24(30)31)13-15-6-8-32-9-7-15/h2-5,10-11,15,20-21H,6-9,12-13H2,1H3,(H,30,31)(H,25,27,29)/t20-,21+/m0/s1. The van der Waals surface area contributed by atoms with Crippen molar-refractivity contribution in [2.24, 2.45) is 5.92 Å². The monoisotopic (exact) mass is 466 g/mol. The minimum absolute atomic E-state index is 0.0714. The summed E-state index contributed by atoms with van der Waals surface area (Å²) in [5.41, 5.74) is 1.56. The molecule has 0 unspecified atom stereocenters. The molecule has 2 atom stereocenters. The molecule has 1 aliphatic heterocycles. The van der Waals surface area contributed by atoms with Gasteiger partial charge in [-0.2, -0.15) is 0 Å². The SMILES string of the molecule is Cc1nnc(NC(=O)c2cc([C@@H]3C[C@H]3N(CC3CCOCC3)C(=O)O)c3ccccc3c2)s1. The number of fused-ring (bicyclic) bond motifs is 1. The maximum Gasteiger partial charge on any atom is 0.407 e. The summed E-state index contributed by atoms with van der Waals surface area (Å²) < 4.78 is 5.42. The first kappa shape index (κ1) is 21.8. The van der Waals surface area contributed by atoms with E-state index in [-0.39, 0.29) is 17.9 Å². The summed E-state index contributed by atoms with van der Waals surface area (Å²) in [5.74, 6) is 0.162. The third kappa shape index (κ3) is 4.69. The van der Waals surface area contributed by atoms with Crippen LogP contribution in [0.15, 0.2) is 36.4 Å². The van der Waals surface area contributed by atoms with Crippen LogP contribution in [0.1, 0.15) is 46.1 Å². The lowest BCUT2D eigenvalue weighted by atomic mass is 9.96. The molecule has 1 aliphatic carbocycles. The van der Waals surface area contributed by atoms with Gasteiger partial charge in [0.2, 0.25) is 5.13 Å². The summed E-state index contributed by atoms with van der Waals surface area (Å²) in [7, 11) is 0. The molecule has 172 valence electrons. The van der Waals surface area contributed by atoms with Crippen LogP contribution in [-0.2, 0) is 4.74 Å². The number of benzene rings is 2. The fourth-order valence-corrected chi connectivity index (χ4v) is 5.30. The number of aryl methyl sites for hydroxylation is 1. The van der Waals surface area contributed by atoms with E-state index in [0.29, 0.717) is 36.4 Å². The predicted octanol–water partition coefficient (Wildman–Crippen LogP) is 4.51. The van der Waals surface area contributed by atoms with Gasteiger partial charge in [-0.1, -0.05) is 35.6 Å². The fraction of sp³-hybridized carbons (Fsp3) is 0.417. The predicted molar refractivity (Wildman–Crippen MR) is 126 cm³/mol. The van der Waals surface area contributed by atoms with Crippen LogP contribution >= 0.6 is 11.3 Å². The molecule has 5 rings (SSSR count). The zero-order valence-electron chi connectivity index (χ0n) is 18.4. The highest BCUT2D eigenvalue weighted by Crippen LogP contribution is 2.48. The topological polar surface area (TPSA) is 105 Å². The lowest BCUT2D eigenvalue weighted by Gasteiger charge is -2.28. The number of carbonyl (C=O) groups is 2. The van der Waals surface area contributed by atoms with Crippen LogP contribution < -0.4 is 5.32 Å². The van der Waals surface area contributed by atoms with E-state index in [0.717, 1.165) is 40.6 Å². The summed E-state index contributed by atoms with van der Waals surface area (Å²) >= 11 is 1.33. The van der Waals surface area contributed by atoms with Crippen molar-refractivity contribution in [3.8, 4) is 0 Å². The van der Waals surface area contributed by atoms with Gasteiger partial charge in [-0.25, -0.2) is 4.79 Å². The van der Waals surface area contributed by atoms with E-state index < -0.39 is 6.09 Å². The number of aromatic nitrogens is 2. The first-order chi connectivity index (χ1) is 16.0. The Morgan fingerprint density at radius 2 is 2.00 bits per heavy atom. The molecule has 33 heavy (non-hydrogen) atoms. The van der Waals surface area contributed by atoms with Crippen molar-refractivity contribution in [3.63, 3.8) is 0 Å². The number of carboxylic acid groups (broad SMARTS) is 1. The average Bonchev–Trinajstić information content (AvgIpc) is 3.50. The molecule has 0 radical (unpaired) electrons. The molecule has 2 fully saturated rings. The van der Waals surface area contributed by atoms with Gasteiger partial charge < -0.3 is 14.7 Å². The Morgan fingerprint density at radius 3 is 2.73 bits per heavy atom. The smallest absolute Gasteiger partial charge is 0.407 e. The molecular formula is C24H26N4O4S. The van der Waals surface area contributed by atoms with Crippen LogP contribution in [0.3, 0.4) is 0 Å². The highest BCUT2D eigenvalue weighted by Gasteiger charge is 2.46. The highest BCUT2D eigenvalue weighted by atomic mass is 32.1. The third-order valence-electron chi connectivity index (χ3n) is 6.50. The van der Waals surface area contributed by atoms with Gasteiger partial charge in [0.15, 0.2) is 0 Å². The second-order valence-corrected chi connectivity index (χ2v) is 9.95. The van der Waals surface area contributed by atoms with Crippen molar-refractivity contribution in [3.05, 3.63) is 52.5 Å². The van der Waals surface area contributed by atoms with E-state index in [4.69, 9.17) is 4.74 Å². The van der Waals surface area contributed by atoms with Gasteiger partial charge >= 0.3 is 6.09 Å². The van der Waals surface area contributed by atoms with Gasteiger partial charge in [-0.3, -0.25) is 10.1 Å². The van der Waals surface area contributed by atoms with Gasteiger partial charge in [0.25, 0.3) is 5.91 Å². The minimum Gasteiger partial charge on any atom is -0.465 e. The summed E-state index contributed by atoms with van der Waals surface area (Å²) in [4.78, 5) is 26.7. The molecule has 1 aromatic heterocycles. The molecule has 9 heteroatoms. The lowest BCUT2D eigenvalue weighted by Crippen LogP contribution is -2.38. The number of carbonyl (C=O) groups excluding carboxylic acids is 1. The van der Waals surface area contributed by atoms with E-state index in [9.17, 15) is 14.7 Å². The molecule has 2 N–H and O–H groups in total. The van der Waals surface area contributed by atoms with Crippen LogP contribution in [0.25, 0.3) is 10.8 Å². The zero-order valence-corrected chi connectivity index (χ0v) is 19.2. The van der Waals surface area contributed by atoms with Gasteiger partial charge in [-0.15, -0.1) is 10.2 Å². The summed E-state index contributed by atoms with van der Waals surface area (Å²) in [6.07, 6.45) is 1.68. The fourth-order valence-electron chi connectivity index (χ4n) is 4.72. The van der Waals surface area contributed by atoms with Gasteiger partial charge in [-0.05, 0) is 60.6 Å². The normalized spacial score (nSPS) is 20.5. The minimum atomic E-state index is -0.876. The maximum atomic E-state index is 13.0. The Morgan fingerprint density at radius 1 is 1.21 bits per heavy atom. The van der Waals surface area contributed by atoms with Crippen LogP contribution in [0.4, 0.5) is 9.93 Å². The van der Waals surface area contributed by atoms with Crippen LogP contribution in [0, 0.1) is 12.8 Å². The lowest BCUT2D eigenvalue weighted by molar-refractivity contribution is 0.0506. The number of anilines is 1. The van der Waals surface area contributed by atoms with Crippen LogP contribution in [0.5, 0.6) is 0 Å². The average molecular weight is 467 g/mol. The number of hydrogen-bond donors (Lipinski definition) is 2. The largest absolute Gasteiger partial charge is 0.465 e. The van der Waals surface area contributed by atoms with Crippen molar-refractivity contribution >= 4 is 39.2 Å². The van der Waals surface area contributed by atoms with E-state index in [1.165, 1.54) is 11.3 Å². The molecule has 2 heterocycles. The molecule has 2 aliphatic rings. The number of nitrogens with zero attached hydrogens (tertiary/aromatic N) is 3. The first-order valence-corrected chi connectivity index (χ1v) is 12.0. The Kier molecular flexibility index (Phi) is 5.99. The van der Waals surface area contributed by atoms with Crippen molar-refractivity contribution in [2.75, 3.05) is 25.1 Å². The molecule has 2 amide bonds. The Labute approximate surface area is 195 Å². The Hall–Kier alpha value is -3.04. The summed E-state index contributed by atoms with van der Waals surface area (Å²) in [5, 5.41) is 23.9. The molecular weight excluding hydrogens is 440 g/mol. The summed E-state index contributed by atoms with van der Waals surface area (Å²) in [6.45, 7) is 3.77. The van der Waals surface area contributed by atoms with E-state index >= 15 is 0 Å². The number of ether oxygens (including phenoxy) is 1. The number of nitrogens with one attached hydrogen (secondary N) is 1. The van der Waals surface area contributed by atoms with Crippen molar-refractivity contribution in [1.29, 1.82) is 0 Å². The third-order valence-corrected chi connectivity index (χ3v) is 7.25. The van der Waals surface area contributed by atoms with E-state index in [1.54, 1.807) is 4.90 Å². The molecule has 0 bridgehead atoms. The Balaban J connectivity index is 1.41. The second kappa shape index (κ2) is 9.07. The van der Waals surface area contributed by atoms with Crippen molar-refractivity contribution in [2.45, 2.75) is 38.1 Å². The van der Waals surface area contributed by atoms with Crippen molar-refractivity contribution in [1.82, 2.24) is 15.1 Å². The van der Waals surface area contributed by atoms with E-state index in [2.05, 4.69) is 15.5 Å². The second-order valence-electron chi connectivity index (χ2n) is 8.77. The Bertz CT molecular complexity index is 1190. The van der Waals surface area contributed by atoms with Crippen LogP contribution in [0.2, 0.25) is 0 Å². The number of amides is 2. The molecule has 3 aromatic rings. The number of rotatable bonds is 6. The van der Waals surface area contributed by atoms with Crippen LogP contribution in [-0.4, -0.2) is 58.0 Å². The highest BCUT2D eigenvalue weighted by molar-refractivity contribution is 7.15. The van der Waals surface area contributed by atoms with E-state index in [1.807, 2.05) is 43.3 Å². The summed E-state index contributed by atoms with van der Waals surface area (Å²) in [6, 6.07) is 11.7. The van der Waals surface area contributed by atoms with Gasteiger partial charge in [0, 0.05) is 37.3 Å².